The maximum atomic E-state index is 3.57. The highest BCUT2D eigenvalue weighted by molar-refractivity contribution is 14.1. The number of hydrogen-bond donors (Lipinski definition) is 1. The van der Waals surface area contributed by atoms with Gasteiger partial charge in [-0.25, -0.2) is 4.40 Å². The maximum absolute atomic E-state index is 3.57. The third-order valence-corrected chi connectivity index (χ3v) is 0.774. The lowest BCUT2D eigenvalue weighted by Gasteiger charge is -1.61. The summed E-state index contributed by atoms with van der Waals surface area (Å²) >= 11 is 5.67. The second-order valence-electron chi connectivity index (χ2n) is 0.583. The third kappa shape index (κ3) is 4.49. The van der Waals surface area contributed by atoms with Gasteiger partial charge in [-0.15, -0.1) is 0 Å². The van der Waals surface area contributed by atoms with Crippen molar-refractivity contribution >= 4 is 41.6 Å². The fourth-order valence-corrected chi connectivity index (χ4v) is 0.334. The molecular formula is C3H4INS. The Kier molecular flexibility index (Phi) is 5.94. The molecule has 0 heterocycles. The zero-order valence-corrected chi connectivity index (χ0v) is 6.06. The van der Waals surface area contributed by atoms with E-state index in [4.69, 9.17) is 0 Å². The Hall–Kier alpha value is 0.490. The van der Waals surface area contributed by atoms with Crippen molar-refractivity contribution in [1.29, 1.82) is 0 Å². The molecule has 0 amide bonds. The van der Waals surface area contributed by atoms with Crippen LogP contribution in [0.3, 0.4) is 0 Å². The van der Waals surface area contributed by atoms with Gasteiger partial charge in [0.25, 0.3) is 0 Å². The molecule has 0 saturated heterocycles. The minimum absolute atomic E-state index is 1.61. The van der Waals surface area contributed by atoms with E-state index in [-0.39, 0.29) is 0 Å². The van der Waals surface area contributed by atoms with Gasteiger partial charge in [-0.05, 0) is 23.0 Å². The van der Waals surface area contributed by atoms with Gasteiger partial charge in [0.05, 0.1) is 0 Å². The minimum Gasteiger partial charge on any atom is -0.228 e. The zero-order valence-electron chi connectivity index (χ0n) is 3.00. The molecular weight excluding hydrogens is 209 g/mol. The van der Waals surface area contributed by atoms with Crippen LogP contribution in [0.15, 0.2) is 14.6 Å². The summed E-state index contributed by atoms with van der Waals surface area (Å²) in [4.78, 5) is 0. The molecule has 0 rings (SSSR count). The van der Waals surface area contributed by atoms with E-state index < -0.39 is 0 Å². The first-order valence-corrected chi connectivity index (χ1v) is 2.99. The van der Waals surface area contributed by atoms with E-state index in [1.165, 1.54) is 0 Å². The van der Waals surface area contributed by atoms with E-state index >= 15 is 0 Å². The lowest BCUT2D eigenvalue weighted by atomic mass is 10.7. The highest BCUT2D eigenvalue weighted by Gasteiger charge is 1.51. The fraction of sp³-hybridized carbons (Fsp3) is 0. The quantitative estimate of drug-likeness (QED) is 0.387. The van der Waals surface area contributed by atoms with Gasteiger partial charge in [0, 0.05) is 6.21 Å². The Bertz CT molecular complexity index is 59.2. The van der Waals surface area contributed by atoms with Crippen LogP contribution < -0.4 is 0 Å². The Morgan fingerprint density at radius 1 is 1.67 bits per heavy atom. The monoisotopic (exact) mass is 213 g/mol. The first-order chi connectivity index (χ1) is 2.91. The molecule has 0 aromatic carbocycles. The Balaban J connectivity index is 3.07. The van der Waals surface area contributed by atoms with E-state index in [9.17, 15) is 0 Å². The molecule has 0 aliphatic carbocycles. The first kappa shape index (κ1) is 6.49. The number of rotatable bonds is 1. The molecule has 34 valence electrons. The highest BCUT2D eigenvalue weighted by atomic mass is 127. The summed E-state index contributed by atoms with van der Waals surface area (Å²) < 4.78 is 5.26. The lowest BCUT2D eigenvalue weighted by Crippen LogP contribution is -1.49. The lowest BCUT2D eigenvalue weighted by molar-refractivity contribution is 2.01. The SMILES string of the molecule is S/N=C\C=C/I. The Labute approximate surface area is 56.2 Å². The summed E-state index contributed by atoms with van der Waals surface area (Å²) in [5.74, 6) is 0. The highest BCUT2D eigenvalue weighted by Crippen LogP contribution is 1.80. The van der Waals surface area contributed by atoms with E-state index in [0.717, 1.165) is 0 Å². The normalized spacial score (nSPS) is 11.7. The largest absolute Gasteiger partial charge is 0.228 e. The van der Waals surface area contributed by atoms with E-state index in [0.29, 0.717) is 0 Å². The van der Waals surface area contributed by atoms with Crippen LogP contribution in [0.2, 0.25) is 0 Å². The predicted molar refractivity (Wildman–Crippen MR) is 40.6 cm³/mol. The molecule has 0 unspecified atom stereocenters. The van der Waals surface area contributed by atoms with E-state index in [1.807, 2.05) is 4.08 Å². The van der Waals surface area contributed by atoms with Crippen molar-refractivity contribution in [2.24, 2.45) is 4.40 Å². The molecule has 6 heavy (non-hydrogen) atoms. The van der Waals surface area contributed by atoms with E-state index in [2.05, 4.69) is 39.8 Å². The molecule has 1 nitrogen and oxygen atoms in total. The van der Waals surface area contributed by atoms with Crippen molar-refractivity contribution in [2.75, 3.05) is 0 Å². The topological polar surface area (TPSA) is 12.4 Å². The van der Waals surface area contributed by atoms with Gasteiger partial charge < -0.3 is 0 Å². The molecule has 0 aliphatic rings. The molecule has 0 spiro atoms. The minimum atomic E-state index is 1.61. The van der Waals surface area contributed by atoms with Gasteiger partial charge in [-0.2, -0.15) is 0 Å². The van der Waals surface area contributed by atoms with Crippen LogP contribution >= 0.6 is 35.4 Å². The number of halogens is 1. The van der Waals surface area contributed by atoms with Gasteiger partial charge in [0.2, 0.25) is 0 Å². The van der Waals surface area contributed by atoms with Crippen LogP contribution in [0.25, 0.3) is 0 Å². The summed E-state index contributed by atoms with van der Waals surface area (Å²) in [7, 11) is 0. The number of hydrogen-bond acceptors (Lipinski definition) is 2. The van der Waals surface area contributed by atoms with Crippen LogP contribution in [0, 0.1) is 0 Å². The Morgan fingerprint density at radius 2 is 2.33 bits per heavy atom. The maximum Gasteiger partial charge on any atom is 0.0352 e. The van der Waals surface area contributed by atoms with Gasteiger partial charge >= 0.3 is 0 Å². The summed E-state index contributed by atoms with van der Waals surface area (Å²) in [6.45, 7) is 0. The first-order valence-electron chi connectivity index (χ1n) is 1.34. The average molecular weight is 213 g/mol. The van der Waals surface area contributed by atoms with Crippen molar-refractivity contribution in [3.8, 4) is 0 Å². The molecule has 0 radical (unpaired) electrons. The van der Waals surface area contributed by atoms with Gasteiger partial charge in [-0.1, -0.05) is 22.6 Å². The molecule has 0 aliphatic heterocycles. The summed E-state index contributed by atoms with van der Waals surface area (Å²) in [5, 5.41) is 0. The standard InChI is InChI=1S/C3H4INS/c4-2-1-3-5-6/h1-3,6H/b2-1-,5-3-. The van der Waals surface area contributed by atoms with E-state index in [1.54, 1.807) is 12.3 Å². The van der Waals surface area contributed by atoms with Crippen molar-refractivity contribution in [3.63, 3.8) is 0 Å². The molecule has 3 heteroatoms. The smallest absolute Gasteiger partial charge is 0.0352 e. The summed E-state index contributed by atoms with van der Waals surface area (Å²) in [5.41, 5.74) is 0. The molecule has 0 aromatic heterocycles. The molecule has 0 N–H and O–H groups in total. The van der Waals surface area contributed by atoms with Crippen LogP contribution in [0.5, 0.6) is 0 Å². The number of nitrogens with zero attached hydrogens (tertiary/aromatic N) is 1. The Morgan fingerprint density at radius 3 is 2.50 bits per heavy atom. The van der Waals surface area contributed by atoms with Gasteiger partial charge in [-0.3, -0.25) is 0 Å². The van der Waals surface area contributed by atoms with Gasteiger partial charge in [0.15, 0.2) is 0 Å². The number of thiol groups is 1. The van der Waals surface area contributed by atoms with Crippen LogP contribution in [-0.2, 0) is 0 Å². The predicted octanol–water partition coefficient (Wildman–Crippen LogP) is 1.85. The molecule has 0 atom stereocenters. The fourth-order valence-electron chi connectivity index (χ4n) is 0.0710. The molecule has 0 saturated carbocycles. The molecule has 0 aromatic rings. The second-order valence-corrected chi connectivity index (χ2v) is 1.53. The van der Waals surface area contributed by atoms with Crippen LogP contribution in [-0.4, -0.2) is 6.21 Å². The van der Waals surface area contributed by atoms with Crippen molar-refractivity contribution < 1.29 is 0 Å². The second kappa shape index (κ2) is 5.49. The van der Waals surface area contributed by atoms with Crippen molar-refractivity contribution in [1.82, 2.24) is 0 Å². The average Bonchev–Trinajstić information content (AvgIpc) is 1.61. The number of allylic oxidation sites excluding steroid dienone is 1. The van der Waals surface area contributed by atoms with Gasteiger partial charge in [0.1, 0.15) is 0 Å². The van der Waals surface area contributed by atoms with Crippen molar-refractivity contribution in [2.45, 2.75) is 0 Å². The zero-order chi connectivity index (χ0) is 4.83. The summed E-state index contributed by atoms with van der Waals surface area (Å²) in [6, 6.07) is 0. The third-order valence-electron chi connectivity index (χ3n) is 0.225. The molecule has 0 bridgehead atoms. The van der Waals surface area contributed by atoms with Crippen molar-refractivity contribution in [3.05, 3.63) is 10.2 Å². The molecule has 0 fully saturated rings. The summed E-state index contributed by atoms with van der Waals surface area (Å²) in [6.07, 6.45) is 3.41. The van der Waals surface area contributed by atoms with Crippen LogP contribution in [0.1, 0.15) is 0 Å². The van der Waals surface area contributed by atoms with Crippen LogP contribution in [0.4, 0.5) is 0 Å².